The summed E-state index contributed by atoms with van der Waals surface area (Å²) in [5.41, 5.74) is 3.29. The molecule has 0 aliphatic carbocycles. The molecule has 0 saturated heterocycles. The molecule has 2 nitrogen and oxygen atoms in total. The predicted octanol–water partition coefficient (Wildman–Crippen LogP) is 3.91. The average molecular weight is 310 g/mol. The zero-order valence-electron chi connectivity index (χ0n) is 11.2. The molecular formula is C14H14O2S3. The summed E-state index contributed by atoms with van der Waals surface area (Å²) in [5.74, 6) is 0. The molecule has 2 aromatic heterocycles. The Morgan fingerprint density at radius 3 is 1.53 bits per heavy atom. The highest BCUT2D eigenvalue weighted by molar-refractivity contribution is 8.02. The first-order chi connectivity index (χ1) is 8.91. The lowest BCUT2D eigenvalue weighted by Gasteiger charge is -2.06. The third kappa shape index (κ3) is 2.83. The molecule has 0 unspecified atom stereocenters. The summed E-state index contributed by atoms with van der Waals surface area (Å²) in [4.78, 5) is 23.8. The molecule has 0 aromatic carbocycles. The van der Waals surface area contributed by atoms with E-state index in [1.54, 1.807) is 22.7 Å². The third-order valence-electron chi connectivity index (χ3n) is 2.88. The van der Waals surface area contributed by atoms with Crippen molar-refractivity contribution in [3.05, 3.63) is 53.5 Å². The summed E-state index contributed by atoms with van der Waals surface area (Å²) in [6.07, 6.45) is 0. The molecule has 0 N–H and O–H groups in total. The van der Waals surface area contributed by atoms with E-state index in [1.807, 2.05) is 38.5 Å². The molecule has 100 valence electrons. The van der Waals surface area contributed by atoms with Crippen molar-refractivity contribution >= 4 is 34.4 Å². The van der Waals surface area contributed by atoms with Crippen LogP contribution < -0.4 is 10.9 Å². The zero-order valence-corrected chi connectivity index (χ0v) is 13.6. The molecule has 0 aliphatic heterocycles. The van der Waals surface area contributed by atoms with Gasteiger partial charge in [0.2, 0.25) is 0 Å². The topological polar surface area (TPSA) is 34.1 Å². The highest BCUT2D eigenvalue weighted by atomic mass is 32.2. The Labute approximate surface area is 124 Å². The molecule has 0 atom stereocenters. The number of rotatable bonds is 2. The van der Waals surface area contributed by atoms with Crippen LogP contribution in [0.3, 0.4) is 0 Å². The van der Waals surface area contributed by atoms with Crippen molar-refractivity contribution in [2.45, 2.75) is 36.1 Å². The van der Waals surface area contributed by atoms with Gasteiger partial charge >= 0.3 is 0 Å². The molecule has 19 heavy (non-hydrogen) atoms. The minimum Gasteiger partial charge on any atom is -0.289 e. The van der Waals surface area contributed by atoms with Crippen molar-refractivity contribution in [3.8, 4) is 0 Å². The molecule has 0 bridgehead atoms. The van der Waals surface area contributed by atoms with E-state index in [9.17, 15) is 9.59 Å². The van der Waals surface area contributed by atoms with Gasteiger partial charge in [-0.3, -0.25) is 9.59 Å². The van der Waals surface area contributed by atoms with Gasteiger partial charge in [-0.2, -0.15) is 0 Å². The highest BCUT2D eigenvalue weighted by Gasteiger charge is 2.11. The normalized spacial score (nSPS) is 10.7. The van der Waals surface area contributed by atoms with Gasteiger partial charge < -0.3 is 0 Å². The van der Waals surface area contributed by atoms with Gasteiger partial charge in [0.15, 0.2) is 10.9 Å². The lowest BCUT2D eigenvalue weighted by atomic mass is 10.2. The fourth-order valence-electron chi connectivity index (χ4n) is 1.63. The van der Waals surface area contributed by atoms with Crippen molar-refractivity contribution in [1.82, 2.24) is 0 Å². The third-order valence-corrected chi connectivity index (χ3v) is 6.92. The average Bonchev–Trinajstić information content (AvgIpc) is 2.39. The van der Waals surface area contributed by atoms with Gasteiger partial charge in [0.25, 0.3) is 0 Å². The SMILES string of the molecule is Cc1csc(Sc2scc(C)c(=O)c2C)c(C)c1=O. The summed E-state index contributed by atoms with van der Waals surface area (Å²) >= 11 is 4.65. The molecular weight excluding hydrogens is 296 g/mol. The maximum atomic E-state index is 11.9. The van der Waals surface area contributed by atoms with Crippen molar-refractivity contribution in [3.63, 3.8) is 0 Å². The molecule has 2 heterocycles. The predicted molar refractivity (Wildman–Crippen MR) is 84.2 cm³/mol. The molecule has 0 spiro atoms. The van der Waals surface area contributed by atoms with Crippen molar-refractivity contribution in [2.75, 3.05) is 0 Å². The van der Waals surface area contributed by atoms with E-state index in [4.69, 9.17) is 0 Å². The fraction of sp³-hybridized carbons (Fsp3) is 0.286. The molecule has 2 aromatic rings. The minimum atomic E-state index is 0.0957. The summed E-state index contributed by atoms with van der Waals surface area (Å²) in [6.45, 7) is 7.35. The van der Waals surface area contributed by atoms with E-state index in [1.165, 1.54) is 11.8 Å². The molecule has 0 fully saturated rings. The van der Waals surface area contributed by atoms with Crippen LogP contribution in [0.1, 0.15) is 22.3 Å². The molecule has 0 aliphatic rings. The highest BCUT2D eigenvalue weighted by Crippen LogP contribution is 2.36. The zero-order chi connectivity index (χ0) is 14.2. The van der Waals surface area contributed by atoms with Crippen molar-refractivity contribution in [1.29, 1.82) is 0 Å². The Kier molecular flexibility index (Phi) is 4.28. The molecule has 0 amide bonds. The van der Waals surface area contributed by atoms with Gasteiger partial charge in [-0.1, -0.05) is 11.8 Å². The van der Waals surface area contributed by atoms with E-state index in [-0.39, 0.29) is 10.9 Å². The van der Waals surface area contributed by atoms with E-state index >= 15 is 0 Å². The van der Waals surface area contributed by atoms with Crippen molar-refractivity contribution in [2.24, 2.45) is 0 Å². The maximum absolute atomic E-state index is 11.9. The minimum absolute atomic E-state index is 0.0957. The van der Waals surface area contributed by atoms with Crippen LogP contribution in [0.15, 0.2) is 28.8 Å². The number of hydrogen-bond donors (Lipinski definition) is 0. The summed E-state index contributed by atoms with van der Waals surface area (Å²) < 4.78 is 1.94. The summed E-state index contributed by atoms with van der Waals surface area (Å²) in [6, 6.07) is 0. The first-order valence-electron chi connectivity index (χ1n) is 5.77. The largest absolute Gasteiger partial charge is 0.289 e. The maximum Gasteiger partial charge on any atom is 0.187 e. The van der Waals surface area contributed by atoms with Gasteiger partial charge in [-0.05, 0) is 38.5 Å². The Morgan fingerprint density at radius 2 is 1.16 bits per heavy atom. The second kappa shape index (κ2) is 5.61. The Bertz CT molecular complexity index is 678. The van der Waals surface area contributed by atoms with E-state index in [0.717, 1.165) is 30.7 Å². The smallest absolute Gasteiger partial charge is 0.187 e. The fourth-order valence-corrected chi connectivity index (χ4v) is 4.94. The van der Waals surface area contributed by atoms with Gasteiger partial charge in [0.1, 0.15) is 0 Å². The van der Waals surface area contributed by atoms with Gasteiger partial charge in [0.05, 0.1) is 8.42 Å². The quantitative estimate of drug-likeness (QED) is 0.843. The van der Waals surface area contributed by atoms with E-state index in [0.29, 0.717) is 0 Å². The molecule has 2 rings (SSSR count). The van der Waals surface area contributed by atoms with E-state index < -0.39 is 0 Å². The summed E-state index contributed by atoms with van der Waals surface area (Å²) in [7, 11) is 0. The van der Waals surface area contributed by atoms with Gasteiger partial charge in [-0.15, -0.1) is 22.7 Å². The first-order valence-corrected chi connectivity index (χ1v) is 8.35. The monoisotopic (exact) mass is 310 g/mol. The van der Waals surface area contributed by atoms with Crippen LogP contribution >= 0.6 is 34.4 Å². The second-order valence-electron chi connectivity index (χ2n) is 4.42. The second-order valence-corrected chi connectivity index (χ2v) is 7.72. The Balaban J connectivity index is 2.49. The van der Waals surface area contributed by atoms with Crippen LogP contribution in [-0.4, -0.2) is 0 Å². The van der Waals surface area contributed by atoms with Crippen LogP contribution in [0, 0.1) is 27.7 Å². The standard InChI is InChI=1S/C14H14O2S3/c1-7-5-17-13(9(3)11(7)15)19-14-10(4)12(16)8(2)6-18-14/h5-6H,1-4H3. The molecule has 0 saturated carbocycles. The summed E-state index contributed by atoms with van der Waals surface area (Å²) in [5, 5.41) is 3.76. The van der Waals surface area contributed by atoms with E-state index in [2.05, 4.69) is 0 Å². The Morgan fingerprint density at radius 1 is 0.789 bits per heavy atom. The van der Waals surface area contributed by atoms with Crippen LogP contribution in [0.4, 0.5) is 0 Å². The van der Waals surface area contributed by atoms with Gasteiger partial charge in [0, 0.05) is 22.3 Å². The van der Waals surface area contributed by atoms with Crippen LogP contribution in [0.25, 0.3) is 0 Å². The van der Waals surface area contributed by atoms with Gasteiger partial charge in [-0.25, -0.2) is 0 Å². The van der Waals surface area contributed by atoms with Crippen LogP contribution in [0.2, 0.25) is 0 Å². The van der Waals surface area contributed by atoms with Crippen molar-refractivity contribution < 1.29 is 0 Å². The number of aryl methyl sites for hydroxylation is 2. The molecule has 5 heteroatoms. The van der Waals surface area contributed by atoms with Crippen LogP contribution in [-0.2, 0) is 0 Å². The molecule has 0 radical (unpaired) electrons. The van der Waals surface area contributed by atoms with Crippen LogP contribution in [0.5, 0.6) is 0 Å². The lowest BCUT2D eigenvalue weighted by Crippen LogP contribution is -2.09. The number of hydrogen-bond acceptors (Lipinski definition) is 5. The first kappa shape index (κ1) is 14.5. The lowest BCUT2D eigenvalue weighted by molar-refractivity contribution is 1.26. The Hall–Kier alpha value is -0.910.